The van der Waals surface area contributed by atoms with Crippen molar-refractivity contribution in [3.05, 3.63) is 34.6 Å². The number of alkyl halides is 3. The molecule has 2 N–H and O–H groups in total. The Balaban J connectivity index is 2.53. The third kappa shape index (κ3) is 2.32. The molecule has 5 nitrogen and oxygen atoms in total. The second-order valence-electron chi connectivity index (χ2n) is 3.49. The maximum atomic E-state index is 12.5. The molecule has 0 amide bonds. The smallest absolute Gasteiger partial charge is 0.382 e. The van der Waals surface area contributed by atoms with Gasteiger partial charge in [-0.15, -0.1) is 0 Å². The van der Waals surface area contributed by atoms with Gasteiger partial charge in [-0.2, -0.15) is 28.2 Å². The molecular formula is C10H5ClF3N5. The van der Waals surface area contributed by atoms with Crippen LogP contribution in [0.5, 0.6) is 0 Å². The maximum Gasteiger partial charge on any atom is 0.417 e. The number of nitriles is 1. The van der Waals surface area contributed by atoms with Crippen LogP contribution in [0.2, 0.25) is 5.02 Å². The number of anilines is 1. The standard InChI is InChI=1S/C10H5ClF3N5/c11-7-1-6(10(12,13)14)4-17-9(7)19-8(16)5(2-15)3-18-19/h1,3-4H,16H2. The fourth-order valence-electron chi connectivity index (χ4n) is 1.35. The fourth-order valence-corrected chi connectivity index (χ4v) is 1.60. The summed E-state index contributed by atoms with van der Waals surface area (Å²) < 4.78 is 38.4. The summed E-state index contributed by atoms with van der Waals surface area (Å²) in [5, 5.41) is 12.2. The predicted molar refractivity (Wildman–Crippen MR) is 60.5 cm³/mol. The minimum Gasteiger partial charge on any atom is -0.382 e. The molecule has 2 aromatic rings. The number of nitrogen functional groups attached to an aromatic ring is 1. The number of rotatable bonds is 1. The van der Waals surface area contributed by atoms with Gasteiger partial charge < -0.3 is 5.73 Å². The SMILES string of the molecule is N#Cc1cnn(-c2ncc(C(F)(F)F)cc2Cl)c1N. The summed E-state index contributed by atoms with van der Waals surface area (Å²) in [5.41, 5.74) is 4.70. The van der Waals surface area contributed by atoms with Gasteiger partial charge in [0.15, 0.2) is 5.82 Å². The van der Waals surface area contributed by atoms with Gasteiger partial charge in [0, 0.05) is 6.20 Å². The summed E-state index contributed by atoms with van der Waals surface area (Å²) in [4.78, 5) is 3.58. The Morgan fingerprint density at radius 2 is 2.05 bits per heavy atom. The van der Waals surface area contributed by atoms with E-state index in [1.807, 2.05) is 0 Å². The lowest BCUT2D eigenvalue weighted by Crippen LogP contribution is -2.09. The normalized spacial score (nSPS) is 11.3. The van der Waals surface area contributed by atoms with Crippen molar-refractivity contribution in [1.29, 1.82) is 5.26 Å². The minimum absolute atomic E-state index is 0.0448. The zero-order chi connectivity index (χ0) is 14.2. The highest BCUT2D eigenvalue weighted by atomic mass is 35.5. The third-order valence-electron chi connectivity index (χ3n) is 2.28. The van der Waals surface area contributed by atoms with E-state index in [1.54, 1.807) is 6.07 Å². The molecule has 0 fully saturated rings. The molecule has 9 heteroatoms. The molecule has 0 aromatic carbocycles. The quantitative estimate of drug-likeness (QED) is 0.873. The van der Waals surface area contributed by atoms with Crippen molar-refractivity contribution in [3.8, 4) is 11.9 Å². The Hall–Kier alpha value is -2.27. The molecule has 0 bridgehead atoms. The second kappa shape index (κ2) is 4.44. The summed E-state index contributed by atoms with van der Waals surface area (Å²) in [6, 6.07) is 2.50. The van der Waals surface area contributed by atoms with Crippen molar-refractivity contribution in [2.24, 2.45) is 0 Å². The Morgan fingerprint density at radius 1 is 1.37 bits per heavy atom. The van der Waals surface area contributed by atoms with Crippen LogP contribution in [0.25, 0.3) is 5.82 Å². The Bertz CT molecular complexity index is 671. The zero-order valence-corrected chi connectivity index (χ0v) is 9.87. The number of hydrogen-bond donors (Lipinski definition) is 1. The van der Waals surface area contributed by atoms with Crippen LogP contribution >= 0.6 is 11.6 Å². The first-order valence-electron chi connectivity index (χ1n) is 4.81. The van der Waals surface area contributed by atoms with E-state index in [1.165, 1.54) is 6.20 Å². The van der Waals surface area contributed by atoms with Crippen molar-refractivity contribution in [1.82, 2.24) is 14.8 Å². The van der Waals surface area contributed by atoms with Crippen LogP contribution in [0.3, 0.4) is 0 Å². The van der Waals surface area contributed by atoms with Crippen LogP contribution in [-0.2, 0) is 6.18 Å². The van der Waals surface area contributed by atoms with Gasteiger partial charge in [0.1, 0.15) is 17.5 Å². The van der Waals surface area contributed by atoms with Crippen molar-refractivity contribution < 1.29 is 13.2 Å². The number of aromatic nitrogens is 3. The van der Waals surface area contributed by atoms with E-state index < -0.39 is 11.7 Å². The monoisotopic (exact) mass is 287 g/mol. The lowest BCUT2D eigenvalue weighted by Gasteiger charge is -2.09. The molecule has 0 saturated heterocycles. The van der Waals surface area contributed by atoms with E-state index in [0.29, 0.717) is 6.20 Å². The molecule has 2 aromatic heterocycles. The van der Waals surface area contributed by atoms with E-state index in [2.05, 4.69) is 10.1 Å². The van der Waals surface area contributed by atoms with Crippen LogP contribution in [0.4, 0.5) is 19.0 Å². The summed E-state index contributed by atoms with van der Waals surface area (Å²) >= 11 is 5.73. The summed E-state index contributed by atoms with van der Waals surface area (Å²) in [7, 11) is 0. The molecule has 0 radical (unpaired) electrons. The lowest BCUT2D eigenvalue weighted by molar-refractivity contribution is -0.137. The van der Waals surface area contributed by atoms with Crippen molar-refractivity contribution in [2.45, 2.75) is 6.18 Å². The van der Waals surface area contributed by atoms with Gasteiger partial charge in [0.2, 0.25) is 0 Å². The number of nitrogens with zero attached hydrogens (tertiary/aromatic N) is 4. The van der Waals surface area contributed by atoms with E-state index >= 15 is 0 Å². The average molecular weight is 288 g/mol. The molecule has 0 aliphatic carbocycles. The highest BCUT2D eigenvalue weighted by Crippen LogP contribution is 2.32. The average Bonchev–Trinajstić information content (AvgIpc) is 2.69. The van der Waals surface area contributed by atoms with Crippen LogP contribution in [0.15, 0.2) is 18.5 Å². The largest absolute Gasteiger partial charge is 0.417 e. The van der Waals surface area contributed by atoms with E-state index in [0.717, 1.165) is 10.7 Å². The van der Waals surface area contributed by atoms with Gasteiger partial charge in [-0.3, -0.25) is 0 Å². The second-order valence-corrected chi connectivity index (χ2v) is 3.90. The molecule has 98 valence electrons. The molecule has 0 unspecified atom stereocenters. The van der Waals surface area contributed by atoms with Gasteiger partial charge in [0.25, 0.3) is 0 Å². The van der Waals surface area contributed by atoms with Crippen LogP contribution in [-0.4, -0.2) is 14.8 Å². The van der Waals surface area contributed by atoms with Crippen molar-refractivity contribution >= 4 is 17.4 Å². The first-order chi connectivity index (χ1) is 8.84. The molecule has 0 aliphatic heterocycles. The van der Waals surface area contributed by atoms with Crippen molar-refractivity contribution in [2.75, 3.05) is 5.73 Å². The predicted octanol–water partition coefficient (Wildman–Crippen LogP) is 2.39. The highest BCUT2D eigenvalue weighted by Gasteiger charge is 2.32. The first kappa shape index (κ1) is 13.2. The van der Waals surface area contributed by atoms with Gasteiger partial charge in [-0.25, -0.2) is 4.98 Å². The van der Waals surface area contributed by atoms with Crippen molar-refractivity contribution in [3.63, 3.8) is 0 Å². The molecule has 0 spiro atoms. The maximum absolute atomic E-state index is 12.5. The molecule has 0 atom stereocenters. The van der Waals surface area contributed by atoms with Gasteiger partial charge >= 0.3 is 6.18 Å². The molecule has 0 saturated carbocycles. The summed E-state index contributed by atoms with van der Waals surface area (Å²) in [6.07, 6.45) is -2.75. The molecule has 2 rings (SSSR count). The number of nitrogens with two attached hydrogens (primary N) is 1. The summed E-state index contributed by atoms with van der Waals surface area (Å²) in [6.45, 7) is 0. The van der Waals surface area contributed by atoms with E-state index in [4.69, 9.17) is 22.6 Å². The molecule has 2 heterocycles. The van der Waals surface area contributed by atoms with Gasteiger partial charge in [-0.05, 0) is 6.07 Å². The van der Waals surface area contributed by atoms with Crippen LogP contribution < -0.4 is 5.73 Å². The van der Waals surface area contributed by atoms with Crippen LogP contribution in [0, 0.1) is 11.3 Å². The summed E-state index contributed by atoms with van der Waals surface area (Å²) in [5.74, 6) is -0.120. The Labute approximate surface area is 110 Å². The van der Waals surface area contributed by atoms with Gasteiger partial charge in [0.05, 0.1) is 16.8 Å². The molecule has 0 aliphatic rings. The number of halogens is 4. The lowest BCUT2D eigenvalue weighted by atomic mass is 10.3. The minimum atomic E-state index is -4.54. The van der Waals surface area contributed by atoms with E-state index in [-0.39, 0.29) is 22.2 Å². The highest BCUT2D eigenvalue weighted by molar-refractivity contribution is 6.32. The van der Waals surface area contributed by atoms with Crippen LogP contribution in [0.1, 0.15) is 11.1 Å². The number of hydrogen-bond acceptors (Lipinski definition) is 4. The molecule has 19 heavy (non-hydrogen) atoms. The Morgan fingerprint density at radius 3 is 2.53 bits per heavy atom. The molecular weight excluding hydrogens is 283 g/mol. The van der Waals surface area contributed by atoms with E-state index in [9.17, 15) is 13.2 Å². The Kier molecular flexibility index (Phi) is 3.08. The fraction of sp³-hybridized carbons (Fsp3) is 0.100. The number of pyridine rings is 1. The first-order valence-corrected chi connectivity index (χ1v) is 5.19. The zero-order valence-electron chi connectivity index (χ0n) is 9.11. The topological polar surface area (TPSA) is 80.5 Å². The van der Waals surface area contributed by atoms with Gasteiger partial charge in [-0.1, -0.05) is 11.6 Å². The third-order valence-corrected chi connectivity index (χ3v) is 2.55.